The van der Waals surface area contributed by atoms with Gasteiger partial charge in [-0.05, 0) is 42.0 Å². The number of carboxylic acids is 1. The second kappa shape index (κ2) is 9.27. The van der Waals surface area contributed by atoms with Crippen LogP contribution in [0.5, 0.6) is 0 Å². The van der Waals surface area contributed by atoms with Crippen LogP contribution in [-0.4, -0.2) is 21.0 Å². The first-order valence-electron chi connectivity index (χ1n) is 8.51. The molecule has 28 heavy (non-hydrogen) atoms. The summed E-state index contributed by atoms with van der Waals surface area (Å²) in [6, 6.07) is 13.0. The Morgan fingerprint density at radius 3 is 2.64 bits per heavy atom. The average Bonchev–Trinajstić information content (AvgIpc) is 3.13. The van der Waals surface area contributed by atoms with E-state index in [1.54, 1.807) is 18.3 Å². The number of nitrogens with zero attached hydrogens (tertiary/aromatic N) is 1. The predicted molar refractivity (Wildman–Crippen MR) is 113 cm³/mol. The number of aromatic nitrogens is 2. The number of hydrogen-bond acceptors (Lipinski definition) is 2. The third-order valence-electron chi connectivity index (χ3n) is 3.85. The number of rotatable bonds is 5. The van der Waals surface area contributed by atoms with Gasteiger partial charge in [0, 0.05) is 28.8 Å². The highest BCUT2D eigenvalue weighted by Gasteiger charge is 2.07. The van der Waals surface area contributed by atoms with E-state index in [2.05, 4.69) is 21.8 Å². The van der Waals surface area contributed by atoms with Crippen LogP contribution in [0, 0.1) is 11.8 Å². The van der Waals surface area contributed by atoms with Crippen molar-refractivity contribution in [2.24, 2.45) is 0 Å². The number of aromatic amines is 1. The van der Waals surface area contributed by atoms with Crippen molar-refractivity contribution in [2.45, 2.75) is 12.8 Å². The van der Waals surface area contributed by atoms with Gasteiger partial charge in [0.25, 0.3) is 0 Å². The minimum absolute atomic E-state index is 0.0557. The van der Waals surface area contributed by atoms with E-state index in [9.17, 15) is 4.79 Å². The summed E-state index contributed by atoms with van der Waals surface area (Å²) < 4.78 is 0. The van der Waals surface area contributed by atoms with E-state index in [1.165, 1.54) is 0 Å². The van der Waals surface area contributed by atoms with Gasteiger partial charge >= 0.3 is 5.97 Å². The van der Waals surface area contributed by atoms with Crippen molar-refractivity contribution in [3.8, 4) is 23.1 Å². The molecule has 6 heteroatoms. The van der Waals surface area contributed by atoms with Crippen molar-refractivity contribution < 1.29 is 9.90 Å². The molecule has 2 aromatic carbocycles. The van der Waals surface area contributed by atoms with Gasteiger partial charge in [0.1, 0.15) is 5.82 Å². The highest BCUT2D eigenvalue weighted by atomic mass is 35.5. The van der Waals surface area contributed by atoms with Crippen LogP contribution in [0.25, 0.3) is 23.4 Å². The highest BCUT2D eigenvalue weighted by Crippen LogP contribution is 2.29. The van der Waals surface area contributed by atoms with E-state index in [1.807, 2.05) is 42.5 Å². The van der Waals surface area contributed by atoms with Gasteiger partial charge in [-0.1, -0.05) is 53.3 Å². The van der Waals surface area contributed by atoms with Crippen LogP contribution < -0.4 is 0 Å². The van der Waals surface area contributed by atoms with E-state index >= 15 is 0 Å². The van der Waals surface area contributed by atoms with Gasteiger partial charge in [-0.3, -0.25) is 4.79 Å². The molecule has 0 amide bonds. The van der Waals surface area contributed by atoms with E-state index in [0.29, 0.717) is 22.3 Å². The fourth-order valence-corrected chi connectivity index (χ4v) is 2.95. The van der Waals surface area contributed by atoms with Gasteiger partial charge in [-0.2, -0.15) is 0 Å². The first kappa shape index (κ1) is 19.8. The Kier molecular flexibility index (Phi) is 6.54. The molecule has 0 bridgehead atoms. The molecule has 0 radical (unpaired) electrons. The molecule has 0 saturated carbocycles. The number of halogens is 2. The van der Waals surface area contributed by atoms with Crippen molar-refractivity contribution >= 4 is 41.3 Å². The first-order valence-corrected chi connectivity index (χ1v) is 9.26. The lowest BCUT2D eigenvalue weighted by Crippen LogP contribution is -1.91. The summed E-state index contributed by atoms with van der Waals surface area (Å²) in [5.74, 6) is 5.68. The largest absolute Gasteiger partial charge is 0.481 e. The monoisotopic (exact) mass is 410 g/mol. The molecule has 0 atom stereocenters. The second-order valence-corrected chi connectivity index (χ2v) is 6.79. The molecule has 4 nitrogen and oxygen atoms in total. The molecular weight excluding hydrogens is 395 g/mol. The Hall–Kier alpha value is -3.00. The van der Waals surface area contributed by atoms with Gasteiger partial charge in [0.15, 0.2) is 0 Å². The molecule has 140 valence electrons. The normalized spacial score (nSPS) is 10.6. The van der Waals surface area contributed by atoms with Crippen LogP contribution in [-0.2, 0) is 4.79 Å². The number of carbonyl (C=O) groups is 1. The molecule has 0 saturated heterocycles. The Bertz CT molecular complexity index is 1070. The average molecular weight is 411 g/mol. The summed E-state index contributed by atoms with van der Waals surface area (Å²) in [5.41, 5.74) is 3.40. The van der Waals surface area contributed by atoms with Crippen molar-refractivity contribution in [1.82, 2.24) is 9.97 Å². The zero-order valence-corrected chi connectivity index (χ0v) is 16.3. The Labute approximate surface area is 172 Å². The predicted octanol–water partition coefficient (Wildman–Crippen LogP) is 5.77. The first-order chi connectivity index (χ1) is 13.5. The van der Waals surface area contributed by atoms with Gasteiger partial charge < -0.3 is 10.1 Å². The Morgan fingerprint density at radius 2 is 1.93 bits per heavy atom. The molecule has 3 aromatic rings. The van der Waals surface area contributed by atoms with Gasteiger partial charge in [0.2, 0.25) is 0 Å². The van der Waals surface area contributed by atoms with E-state index in [4.69, 9.17) is 28.3 Å². The fraction of sp³-hybridized carbons (Fsp3) is 0.0909. The highest BCUT2D eigenvalue weighted by molar-refractivity contribution is 6.36. The number of carboxylic acid groups (broad SMARTS) is 1. The lowest BCUT2D eigenvalue weighted by atomic mass is 10.1. The lowest BCUT2D eigenvalue weighted by molar-refractivity contribution is -0.136. The minimum Gasteiger partial charge on any atom is -0.481 e. The summed E-state index contributed by atoms with van der Waals surface area (Å²) in [7, 11) is 0. The molecule has 1 aromatic heterocycles. The molecule has 0 aliphatic carbocycles. The van der Waals surface area contributed by atoms with E-state index in [0.717, 1.165) is 22.4 Å². The van der Waals surface area contributed by atoms with Crippen LogP contribution in [0.1, 0.15) is 29.8 Å². The molecule has 0 spiro atoms. The lowest BCUT2D eigenvalue weighted by Gasteiger charge is -2.00. The summed E-state index contributed by atoms with van der Waals surface area (Å²) in [6.45, 7) is 0. The molecule has 0 aliphatic heterocycles. The number of benzene rings is 2. The standard InChI is InChI=1S/C22H16Cl2N2O2/c23-17-10-11-18(19(24)13-17)20-14-25-21(26-20)12-9-16-7-5-15(6-8-16)3-1-2-4-22(27)28/h5-14H,2,4H2,(H,25,26)(H,27,28)/b12-9+. The van der Waals surface area contributed by atoms with Crippen LogP contribution in [0.15, 0.2) is 48.7 Å². The van der Waals surface area contributed by atoms with Gasteiger partial charge in [-0.15, -0.1) is 0 Å². The summed E-state index contributed by atoms with van der Waals surface area (Å²) in [6.07, 6.45) is 6.01. The molecule has 0 aliphatic rings. The third kappa shape index (κ3) is 5.50. The zero-order chi connectivity index (χ0) is 19.9. The fourth-order valence-electron chi connectivity index (χ4n) is 2.44. The van der Waals surface area contributed by atoms with Crippen molar-refractivity contribution in [3.63, 3.8) is 0 Å². The Balaban J connectivity index is 1.66. The van der Waals surface area contributed by atoms with Crippen LogP contribution in [0.4, 0.5) is 0 Å². The molecule has 3 rings (SSSR count). The summed E-state index contributed by atoms with van der Waals surface area (Å²) in [4.78, 5) is 18.1. The van der Waals surface area contributed by atoms with Crippen LogP contribution in [0.3, 0.4) is 0 Å². The van der Waals surface area contributed by atoms with Gasteiger partial charge in [0.05, 0.1) is 17.1 Å². The number of aliphatic carboxylic acids is 1. The van der Waals surface area contributed by atoms with E-state index < -0.39 is 5.97 Å². The second-order valence-electron chi connectivity index (χ2n) is 5.95. The smallest absolute Gasteiger partial charge is 0.304 e. The van der Waals surface area contributed by atoms with E-state index in [-0.39, 0.29) is 6.42 Å². The number of H-pyrrole nitrogens is 1. The Morgan fingerprint density at radius 1 is 1.14 bits per heavy atom. The molecule has 2 N–H and O–H groups in total. The molecular formula is C22H16Cl2N2O2. The maximum Gasteiger partial charge on any atom is 0.304 e. The minimum atomic E-state index is -0.839. The zero-order valence-electron chi connectivity index (χ0n) is 14.7. The third-order valence-corrected chi connectivity index (χ3v) is 4.39. The summed E-state index contributed by atoms with van der Waals surface area (Å²) >= 11 is 12.2. The quantitative estimate of drug-likeness (QED) is 0.524. The molecule has 0 unspecified atom stereocenters. The number of hydrogen-bond donors (Lipinski definition) is 2. The number of imidazole rings is 1. The number of nitrogens with one attached hydrogen (secondary N) is 1. The SMILES string of the molecule is O=C(O)CCC#Cc1ccc(/C=C/c2nc(-c3ccc(Cl)cc3Cl)c[nH]2)cc1. The maximum atomic E-state index is 10.5. The van der Waals surface area contributed by atoms with Gasteiger partial charge in [-0.25, -0.2) is 4.98 Å². The molecule has 0 fully saturated rings. The van der Waals surface area contributed by atoms with Crippen molar-refractivity contribution in [1.29, 1.82) is 0 Å². The topological polar surface area (TPSA) is 66.0 Å². The summed E-state index contributed by atoms with van der Waals surface area (Å²) in [5, 5.41) is 9.73. The molecule has 1 heterocycles. The maximum absolute atomic E-state index is 10.5. The van der Waals surface area contributed by atoms with Crippen molar-refractivity contribution in [2.75, 3.05) is 0 Å². The van der Waals surface area contributed by atoms with Crippen molar-refractivity contribution in [3.05, 3.63) is 75.7 Å². The van der Waals surface area contributed by atoms with Crippen LogP contribution >= 0.6 is 23.2 Å². The van der Waals surface area contributed by atoms with Crippen LogP contribution in [0.2, 0.25) is 10.0 Å².